The van der Waals surface area contributed by atoms with Gasteiger partial charge in [0.2, 0.25) is 11.8 Å². The van der Waals surface area contributed by atoms with E-state index in [1.165, 1.54) is 0 Å². The maximum atomic E-state index is 12.4. The van der Waals surface area contributed by atoms with Crippen LogP contribution in [0.2, 0.25) is 0 Å². The van der Waals surface area contributed by atoms with E-state index in [0.717, 1.165) is 0 Å². The van der Waals surface area contributed by atoms with Crippen molar-refractivity contribution in [3.05, 3.63) is 0 Å². The van der Waals surface area contributed by atoms with Gasteiger partial charge in [-0.2, -0.15) is 0 Å². The third-order valence-electron chi connectivity index (χ3n) is 4.14. The lowest BCUT2D eigenvalue weighted by Gasteiger charge is -2.38. The van der Waals surface area contributed by atoms with Crippen molar-refractivity contribution in [2.75, 3.05) is 26.2 Å². The molecule has 1 saturated heterocycles. The third kappa shape index (κ3) is 6.82. The van der Waals surface area contributed by atoms with Crippen molar-refractivity contribution in [1.29, 1.82) is 0 Å². The maximum absolute atomic E-state index is 12.4. The van der Waals surface area contributed by atoms with E-state index in [1.807, 2.05) is 41.5 Å². The molecule has 1 heterocycles. The Kier molecular flexibility index (Phi) is 7.04. The van der Waals surface area contributed by atoms with Gasteiger partial charge in [-0.3, -0.25) is 9.59 Å². The minimum absolute atomic E-state index is 0.0696. The van der Waals surface area contributed by atoms with E-state index in [4.69, 9.17) is 10.5 Å². The second-order valence-electron chi connectivity index (χ2n) is 8.89. The summed E-state index contributed by atoms with van der Waals surface area (Å²) >= 11 is 0. The van der Waals surface area contributed by atoms with E-state index < -0.39 is 16.6 Å². The average Bonchev–Trinajstić information content (AvgIpc) is 2.49. The van der Waals surface area contributed by atoms with Crippen molar-refractivity contribution in [2.24, 2.45) is 11.1 Å². The number of amides is 3. The first-order valence-electron chi connectivity index (χ1n) is 9.08. The Morgan fingerprint density at radius 3 is 1.96 bits per heavy atom. The molecule has 150 valence electrons. The molecule has 1 aliphatic heterocycles. The number of hydrogen-bond acceptors (Lipinski definition) is 5. The second-order valence-corrected chi connectivity index (χ2v) is 8.89. The van der Waals surface area contributed by atoms with Crippen LogP contribution in [-0.2, 0) is 14.3 Å². The summed E-state index contributed by atoms with van der Waals surface area (Å²) in [5.41, 5.74) is 4.20. The fourth-order valence-corrected chi connectivity index (χ4v) is 2.44. The quantitative estimate of drug-likeness (QED) is 0.639. The highest BCUT2D eigenvalue weighted by Crippen LogP contribution is 2.22. The molecule has 0 aromatic carbocycles. The SMILES string of the molecule is CC(C)(C)OC(=O)N1CCC(N)(C(=O)NCCNC(=O)C(C)(C)C)CC1. The zero-order valence-corrected chi connectivity index (χ0v) is 16.9. The number of hydrogen-bond donors (Lipinski definition) is 3. The highest BCUT2D eigenvalue weighted by molar-refractivity contribution is 5.86. The summed E-state index contributed by atoms with van der Waals surface area (Å²) in [5.74, 6) is -0.328. The average molecular weight is 370 g/mol. The van der Waals surface area contributed by atoms with Crippen LogP contribution < -0.4 is 16.4 Å². The Morgan fingerprint density at radius 1 is 1.00 bits per heavy atom. The molecule has 0 unspecified atom stereocenters. The molecule has 3 amide bonds. The molecule has 0 radical (unpaired) electrons. The monoisotopic (exact) mass is 370 g/mol. The molecule has 26 heavy (non-hydrogen) atoms. The highest BCUT2D eigenvalue weighted by atomic mass is 16.6. The van der Waals surface area contributed by atoms with Gasteiger partial charge in [0, 0.05) is 31.6 Å². The van der Waals surface area contributed by atoms with Crippen LogP contribution in [0, 0.1) is 5.41 Å². The lowest BCUT2D eigenvalue weighted by Crippen LogP contribution is -2.60. The van der Waals surface area contributed by atoms with Crippen molar-refractivity contribution >= 4 is 17.9 Å². The number of carbonyl (C=O) groups is 3. The number of nitrogens with two attached hydrogens (primary N) is 1. The van der Waals surface area contributed by atoms with E-state index in [-0.39, 0.29) is 17.9 Å². The molecule has 8 nitrogen and oxygen atoms in total. The molecule has 0 atom stereocenters. The molecule has 0 spiro atoms. The van der Waals surface area contributed by atoms with Gasteiger partial charge in [-0.1, -0.05) is 20.8 Å². The predicted molar refractivity (Wildman–Crippen MR) is 99.4 cm³/mol. The smallest absolute Gasteiger partial charge is 0.410 e. The molecular formula is C18H34N4O4. The molecule has 0 saturated carbocycles. The first kappa shape index (κ1) is 22.2. The first-order valence-corrected chi connectivity index (χ1v) is 9.08. The van der Waals surface area contributed by atoms with Crippen LogP contribution >= 0.6 is 0 Å². The molecule has 8 heteroatoms. The van der Waals surface area contributed by atoms with Crippen molar-refractivity contribution in [3.8, 4) is 0 Å². The Morgan fingerprint density at radius 2 is 1.50 bits per heavy atom. The third-order valence-corrected chi connectivity index (χ3v) is 4.14. The summed E-state index contributed by atoms with van der Waals surface area (Å²) in [6.07, 6.45) is 0.351. The number of carbonyl (C=O) groups excluding carboxylic acids is 3. The lowest BCUT2D eigenvalue weighted by atomic mass is 9.88. The van der Waals surface area contributed by atoms with Gasteiger partial charge in [0.25, 0.3) is 0 Å². The van der Waals surface area contributed by atoms with Crippen LogP contribution in [0.25, 0.3) is 0 Å². The fraction of sp³-hybridized carbons (Fsp3) is 0.833. The van der Waals surface area contributed by atoms with Crippen molar-refractivity contribution < 1.29 is 19.1 Å². The molecule has 4 N–H and O–H groups in total. The van der Waals surface area contributed by atoms with Crippen LogP contribution in [0.15, 0.2) is 0 Å². The van der Waals surface area contributed by atoms with E-state index in [0.29, 0.717) is 39.0 Å². The van der Waals surface area contributed by atoms with Crippen molar-refractivity contribution in [1.82, 2.24) is 15.5 Å². The maximum Gasteiger partial charge on any atom is 0.410 e. The second kappa shape index (κ2) is 8.24. The summed E-state index contributed by atoms with van der Waals surface area (Å²) in [7, 11) is 0. The molecular weight excluding hydrogens is 336 g/mol. The van der Waals surface area contributed by atoms with E-state index in [9.17, 15) is 14.4 Å². The van der Waals surface area contributed by atoms with Crippen molar-refractivity contribution in [2.45, 2.75) is 65.5 Å². The lowest BCUT2D eigenvalue weighted by molar-refractivity contribution is -0.130. The number of ether oxygens (including phenoxy) is 1. The molecule has 0 bridgehead atoms. The fourth-order valence-electron chi connectivity index (χ4n) is 2.44. The van der Waals surface area contributed by atoms with E-state index in [2.05, 4.69) is 10.6 Å². The number of likely N-dealkylation sites (tertiary alicyclic amines) is 1. The number of nitrogens with zero attached hydrogens (tertiary/aromatic N) is 1. The van der Waals surface area contributed by atoms with Gasteiger partial charge >= 0.3 is 6.09 Å². The van der Waals surface area contributed by atoms with Crippen LogP contribution in [0.4, 0.5) is 4.79 Å². The van der Waals surface area contributed by atoms with Crippen LogP contribution in [-0.4, -0.2) is 60.1 Å². The van der Waals surface area contributed by atoms with Gasteiger partial charge < -0.3 is 26.0 Å². The number of rotatable bonds is 4. The molecule has 0 aromatic rings. The predicted octanol–water partition coefficient (Wildman–Crippen LogP) is 0.993. The number of piperidine rings is 1. The Balaban J connectivity index is 2.40. The summed E-state index contributed by atoms with van der Waals surface area (Å²) < 4.78 is 5.34. The Bertz CT molecular complexity index is 526. The summed E-state index contributed by atoms with van der Waals surface area (Å²) in [6.45, 7) is 12.3. The zero-order chi connectivity index (χ0) is 20.2. The summed E-state index contributed by atoms with van der Waals surface area (Å²) in [4.78, 5) is 37.8. The van der Waals surface area contributed by atoms with Crippen LogP contribution in [0.3, 0.4) is 0 Å². The van der Waals surface area contributed by atoms with E-state index in [1.54, 1.807) is 4.90 Å². The van der Waals surface area contributed by atoms with Gasteiger partial charge in [-0.05, 0) is 33.6 Å². The largest absolute Gasteiger partial charge is 0.444 e. The van der Waals surface area contributed by atoms with Gasteiger partial charge in [0.1, 0.15) is 5.60 Å². The van der Waals surface area contributed by atoms with Gasteiger partial charge in [-0.25, -0.2) is 4.79 Å². The van der Waals surface area contributed by atoms with E-state index >= 15 is 0 Å². The Labute approximate surface area is 156 Å². The number of nitrogens with one attached hydrogen (secondary N) is 2. The standard InChI is InChI=1S/C18H34N4O4/c1-16(2,3)13(23)20-9-10-21-14(24)18(19)7-11-22(12-8-18)15(25)26-17(4,5)6/h7-12,19H2,1-6H3,(H,20,23)(H,21,24). The minimum Gasteiger partial charge on any atom is -0.444 e. The minimum atomic E-state index is -1.01. The van der Waals surface area contributed by atoms with Gasteiger partial charge in [-0.15, -0.1) is 0 Å². The summed E-state index contributed by atoms with van der Waals surface area (Å²) in [5, 5.41) is 5.54. The first-order chi connectivity index (χ1) is 11.7. The topological polar surface area (TPSA) is 114 Å². The summed E-state index contributed by atoms with van der Waals surface area (Å²) in [6, 6.07) is 0. The molecule has 1 fully saturated rings. The van der Waals surface area contributed by atoms with Crippen LogP contribution in [0.1, 0.15) is 54.4 Å². The zero-order valence-electron chi connectivity index (χ0n) is 16.9. The van der Waals surface area contributed by atoms with Gasteiger partial charge in [0.15, 0.2) is 0 Å². The van der Waals surface area contributed by atoms with Gasteiger partial charge in [0.05, 0.1) is 5.54 Å². The molecule has 0 aliphatic carbocycles. The molecule has 0 aromatic heterocycles. The highest BCUT2D eigenvalue weighted by Gasteiger charge is 2.39. The van der Waals surface area contributed by atoms with Crippen LogP contribution in [0.5, 0.6) is 0 Å². The van der Waals surface area contributed by atoms with Crippen molar-refractivity contribution in [3.63, 3.8) is 0 Å². The normalized spacial score (nSPS) is 17.4. The molecule has 1 aliphatic rings. The Hall–Kier alpha value is -1.83. The molecule has 1 rings (SSSR count).